The van der Waals surface area contributed by atoms with Gasteiger partial charge in [-0.1, -0.05) is 29.8 Å². The van der Waals surface area contributed by atoms with E-state index in [1.54, 1.807) is 16.7 Å². The highest BCUT2D eigenvalue weighted by Gasteiger charge is 2.17. The van der Waals surface area contributed by atoms with Crippen molar-refractivity contribution in [3.8, 4) is 17.1 Å². The first-order valence-electron chi connectivity index (χ1n) is 6.22. The molecule has 0 aliphatic carbocycles. The Hall–Kier alpha value is -1.91. The van der Waals surface area contributed by atoms with Gasteiger partial charge in [0.05, 0.1) is 11.4 Å². The summed E-state index contributed by atoms with van der Waals surface area (Å²) in [5.41, 5.74) is 1.15. The molecule has 0 atom stereocenters. The van der Waals surface area contributed by atoms with E-state index in [2.05, 4.69) is 10.2 Å². The monoisotopic (exact) mass is 321 g/mol. The minimum Gasteiger partial charge on any atom is -0.278 e. The van der Waals surface area contributed by atoms with Crippen molar-refractivity contribution in [2.75, 3.05) is 0 Å². The maximum Gasteiger partial charge on any atom is 0.171 e. The summed E-state index contributed by atoms with van der Waals surface area (Å²) in [4.78, 5) is 0. The van der Waals surface area contributed by atoms with Gasteiger partial charge in [-0.3, -0.25) is 4.57 Å². The van der Waals surface area contributed by atoms with Gasteiger partial charge >= 0.3 is 0 Å². The number of nitrogens with zero attached hydrogens (tertiary/aromatic N) is 3. The predicted molar refractivity (Wildman–Crippen MR) is 81.3 cm³/mol. The fourth-order valence-corrected chi connectivity index (χ4v) is 2.43. The molecular weight excluding hydrogens is 312 g/mol. The van der Waals surface area contributed by atoms with Gasteiger partial charge in [-0.15, -0.1) is 21.8 Å². The van der Waals surface area contributed by atoms with Gasteiger partial charge in [0.15, 0.2) is 11.6 Å². The Morgan fingerprint density at radius 2 is 1.81 bits per heavy atom. The number of para-hydroxylation sites is 1. The number of aromatic nitrogens is 3. The number of hydrogen-bond donors (Lipinski definition) is 0. The first-order chi connectivity index (χ1) is 10.2. The minimum absolute atomic E-state index is 0.178. The zero-order chi connectivity index (χ0) is 14.8. The molecule has 6 heteroatoms. The molecule has 3 aromatic rings. The molecular formula is C15H10Cl2FN3. The quantitative estimate of drug-likeness (QED) is 0.666. The van der Waals surface area contributed by atoms with Crippen molar-refractivity contribution in [3.05, 3.63) is 65.2 Å². The van der Waals surface area contributed by atoms with E-state index in [-0.39, 0.29) is 5.88 Å². The van der Waals surface area contributed by atoms with Gasteiger partial charge in [0, 0.05) is 10.7 Å². The summed E-state index contributed by atoms with van der Waals surface area (Å²) in [6, 6.07) is 13.9. The van der Waals surface area contributed by atoms with Crippen LogP contribution in [0.5, 0.6) is 0 Å². The van der Waals surface area contributed by atoms with Crippen molar-refractivity contribution < 1.29 is 4.39 Å². The number of rotatable bonds is 3. The summed E-state index contributed by atoms with van der Waals surface area (Å²) in [6.07, 6.45) is 0. The van der Waals surface area contributed by atoms with Gasteiger partial charge in [-0.05, 0) is 30.3 Å². The number of benzene rings is 2. The Labute approximate surface area is 131 Å². The molecule has 0 fully saturated rings. The normalized spacial score (nSPS) is 10.8. The van der Waals surface area contributed by atoms with Crippen LogP contribution in [-0.2, 0) is 5.88 Å². The molecule has 0 aliphatic rings. The number of alkyl halides is 1. The molecule has 0 spiro atoms. The van der Waals surface area contributed by atoms with Crippen LogP contribution < -0.4 is 0 Å². The highest BCUT2D eigenvalue weighted by atomic mass is 35.5. The third-order valence-electron chi connectivity index (χ3n) is 3.04. The lowest BCUT2D eigenvalue weighted by Gasteiger charge is -2.10. The third-order valence-corrected chi connectivity index (χ3v) is 3.51. The molecule has 0 aliphatic heterocycles. The Balaban J connectivity index is 2.22. The van der Waals surface area contributed by atoms with Crippen LogP contribution in [0.2, 0.25) is 5.02 Å². The van der Waals surface area contributed by atoms with Crippen LogP contribution in [0.3, 0.4) is 0 Å². The molecule has 1 heterocycles. The van der Waals surface area contributed by atoms with Gasteiger partial charge in [-0.2, -0.15) is 0 Å². The van der Waals surface area contributed by atoms with Crippen LogP contribution >= 0.6 is 23.2 Å². The predicted octanol–water partition coefficient (Wildman–Crippen LogP) is 4.47. The SMILES string of the molecule is Fc1cc(Cl)ccc1-c1nnc(CCl)n1-c1ccccc1. The van der Waals surface area contributed by atoms with Gasteiger partial charge in [0.1, 0.15) is 5.82 Å². The molecule has 0 bridgehead atoms. The Kier molecular flexibility index (Phi) is 3.90. The summed E-state index contributed by atoms with van der Waals surface area (Å²) < 4.78 is 15.9. The molecule has 3 rings (SSSR count). The first kappa shape index (κ1) is 14.0. The van der Waals surface area contributed by atoms with Crippen molar-refractivity contribution in [1.29, 1.82) is 0 Å². The van der Waals surface area contributed by atoms with Crippen molar-refractivity contribution in [2.24, 2.45) is 0 Å². The molecule has 0 amide bonds. The van der Waals surface area contributed by atoms with E-state index in [4.69, 9.17) is 23.2 Å². The molecule has 106 valence electrons. The van der Waals surface area contributed by atoms with Gasteiger partial charge in [0.25, 0.3) is 0 Å². The Morgan fingerprint density at radius 3 is 2.48 bits per heavy atom. The summed E-state index contributed by atoms with van der Waals surface area (Å²) >= 11 is 11.7. The molecule has 0 unspecified atom stereocenters. The van der Waals surface area contributed by atoms with Crippen LogP contribution in [-0.4, -0.2) is 14.8 Å². The summed E-state index contributed by atoms with van der Waals surface area (Å²) in [5.74, 6) is 0.670. The van der Waals surface area contributed by atoms with E-state index in [1.165, 1.54) is 6.07 Å². The molecule has 2 aromatic carbocycles. The molecule has 0 saturated carbocycles. The number of hydrogen-bond acceptors (Lipinski definition) is 2. The second-order valence-corrected chi connectivity index (χ2v) is 5.07. The highest BCUT2D eigenvalue weighted by Crippen LogP contribution is 2.27. The second-order valence-electron chi connectivity index (χ2n) is 4.37. The second kappa shape index (κ2) is 5.84. The summed E-state index contributed by atoms with van der Waals surface area (Å²) in [7, 11) is 0. The van der Waals surface area contributed by atoms with Crippen LogP contribution in [0.4, 0.5) is 4.39 Å². The first-order valence-corrected chi connectivity index (χ1v) is 7.13. The smallest absolute Gasteiger partial charge is 0.171 e. The summed E-state index contributed by atoms with van der Waals surface area (Å²) in [6.45, 7) is 0. The van der Waals surface area contributed by atoms with Gasteiger partial charge in [-0.25, -0.2) is 4.39 Å². The Bertz CT molecular complexity index is 772. The average Bonchev–Trinajstić information content (AvgIpc) is 2.92. The fourth-order valence-electron chi connectivity index (χ4n) is 2.10. The third kappa shape index (κ3) is 2.64. The van der Waals surface area contributed by atoms with E-state index in [0.29, 0.717) is 22.2 Å². The van der Waals surface area contributed by atoms with Crippen LogP contribution in [0.1, 0.15) is 5.82 Å². The number of halogens is 3. The maximum atomic E-state index is 14.1. The Morgan fingerprint density at radius 1 is 1.05 bits per heavy atom. The van der Waals surface area contributed by atoms with Crippen LogP contribution in [0.25, 0.3) is 17.1 Å². The zero-order valence-corrected chi connectivity index (χ0v) is 12.3. The van der Waals surface area contributed by atoms with Gasteiger partial charge in [0.2, 0.25) is 0 Å². The molecule has 3 nitrogen and oxygen atoms in total. The van der Waals surface area contributed by atoms with Gasteiger partial charge < -0.3 is 0 Å². The lowest BCUT2D eigenvalue weighted by Crippen LogP contribution is -2.02. The van der Waals surface area contributed by atoms with E-state index >= 15 is 0 Å². The van der Waals surface area contributed by atoms with Crippen molar-refractivity contribution in [1.82, 2.24) is 14.8 Å². The highest BCUT2D eigenvalue weighted by molar-refractivity contribution is 6.30. The lowest BCUT2D eigenvalue weighted by molar-refractivity contribution is 0.629. The van der Waals surface area contributed by atoms with E-state index < -0.39 is 5.82 Å². The molecule has 1 aromatic heterocycles. The van der Waals surface area contributed by atoms with Crippen LogP contribution in [0, 0.1) is 5.82 Å². The van der Waals surface area contributed by atoms with E-state index in [9.17, 15) is 4.39 Å². The summed E-state index contributed by atoms with van der Waals surface area (Å²) in [5, 5.41) is 8.43. The topological polar surface area (TPSA) is 30.7 Å². The fraction of sp³-hybridized carbons (Fsp3) is 0.0667. The zero-order valence-electron chi connectivity index (χ0n) is 10.8. The van der Waals surface area contributed by atoms with E-state index in [1.807, 2.05) is 30.3 Å². The standard InChI is InChI=1S/C15H10Cl2FN3/c16-9-14-19-20-15(12-7-6-10(17)8-13(12)18)21(14)11-4-2-1-3-5-11/h1-8H,9H2. The molecule has 0 saturated heterocycles. The van der Waals surface area contributed by atoms with Crippen LogP contribution in [0.15, 0.2) is 48.5 Å². The molecule has 0 N–H and O–H groups in total. The van der Waals surface area contributed by atoms with Crippen molar-refractivity contribution >= 4 is 23.2 Å². The maximum absolute atomic E-state index is 14.1. The van der Waals surface area contributed by atoms with Crippen molar-refractivity contribution in [2.45, 2.75) is 5.88 Å². The average molecular weight is 322 g/mol. The van der Waals surface area contributed by atoms with Crippen molar-refractivity contribution in [3.63, 3.8) is 0 Å². The largest absolute Gasteiger partial charge is 0.278 e. The molecule has 21 heavy (non-hydrogen) atoms. The lowest BCUT2D eigenvalue weighted by atomic mass is 10.2. The molecule has 0 radical (unpaired) electrons. The van der Waals surface area contributed by atoms with E-state index in [0.717, 1.165) is 5.69 Å². The minimum atomic E-state index is -0.451.